The van der Waals surface area contributed by atoms with E-state index in [1.54, 1.807) is 37.6 Å². The molecule has 0 radical (unpaired) electrons. The molecule has 392 valence electrons. The molecule has 4 aromatic rings. The van der Waals surface area contributed by atoms with Crippen molar-refractivity contribution in [1.82, 2.24) is 25.5 Å². The largest absolute Gasteiger partial charge is 0.494 e. The second kappa shape index (κ2) is 23.5. The van der Waals surface area contributed by atoms with E-state index < -0.39 is 81.6 Å². The number of thiazole rings is 1. The molecule has 2 saturated heterocycles. The zero-order valence-electron chi connectivity index (χ0n) is 41.7. The summed E-state index contributed by atoms with van der Waals surface area (Å²) in [6, 6.07) is 10.4. The van der Waals surface area contributed by atoms with Gasteiger partial charge in [-0.3, -0.25) is 24.1 Å². The lowest BCUT2D eigenvalue weighted by Crippen LogP contribution is -2.58. The minimum Gasteiger partial charge on any atom is -0.494 e. The molecule has 0 saturated carbocycles. The van der Waals surface area contributed by atoms with E-state index in [-0.39, 0.29) is 62.5 Å². The van der Waals surface area contributed by atoms with Crippen molar-refractivity contribution in [3.8, 4) is 28.1 Å². The summed E-state index contributed by atoms with van der Waals surface area (Å²) in [5.74, 6) is -3.77. The lowest BCUT2D eigenvalue weighted by molar-refractivity contribution is -0.144. The number of pyridine rings is 1. The number of nitrogens with one attached hydrogen (secondary N) is 2. The number of nitriles is 1. The molecular formula is C51H60F4N8O9S. The second-order valence-corrected chi connectivity index (χ2v) is 19.9. The highest BCUT2D eigenvalue weighted by molar-refractivity contribution is 7.13. The molecule has 3 atom stereocenters. The maximum Gasteiger partial charge on any atom is 0.420 e. The third-order valence-corrected chi connectivity index (χ3v) is 13.3. The van der Waals surface area contributed by atoms with Gasteiger partial charge in [0.25, 0.3) is 5.91 Å². The van der Waals surface area contributed by atoms with Crippen LogP contribution in [0.1, 0.15) is 82.7 Å². The van der Waals surface area contributed by atoms with E-state index >= 15 is 4.39 Å². The van der Waals surface area contributed by atoms with Crippen molar-refractivity contribution < 1.29 is 60.8 Å². The number of alkyl halides is 3. The number of hydrogen-bond acceptors (Lipinski definition) is 14. The van der Waals surface area contributed by atoms with E-state index in [1.165, 1.54) is 49.1 Å². The molecule has 0 aliphatic carbocycles. The molecule has 4 amide bonds. The molecule has 73 heavy (non-hydrogen) atoms. The molecule has 2 aliphatic rings. The number of ether oxygens (including phenoxy) is 4. The molecular weight excluding hydrogens is 977 g/mol. The van der Waals surface area contributed by atoms with E-state index in [9.17, 15) is 42.7 Å². The van der Waals surface area contributed by atoms with Crippen molar-refractivity contribution in [2.45, 2.75) is 104 Å². The van der Waals surface area contributed by atoms with Gasteiger partial charge in [0.05, 0.1) is 59.4 Å². The van der Waals surface area contributed by atoms with Gasteiger partial charge in [-0.2, -0.15) is 18.4 Å². The van der Waals surface area contributed by atoms with E-state index in [0.717, 1.165) is 38.7 Å². The summed E-state index contributed by atoms with van der Waals surface area (Å²) >= 11 is 1.55. The Hall–Kier alpha value is -6.67. The van der Waals surface area contributed by atoms with Crippen molar-refractivity contribution in [2.24, 2.45) is 5.41 Å². The highest BCUT2D eigenvalue weighted by atomic mass is 32.1. The number of rotatable bonds is 21. The van der Waals surface area contributed by atoms with Gasteiger partial charge in [0.2, 0.25) is 23.6 Å². The van der Waals surface area contributed by atoms with Crippen LogP contribution in [-0.4, -0.2) is 114 Å². The van der Waals surface area contributed by atoms with Gasteiger partial charge in [-0.15, -0.1) is 11.3 Å². The van der Waals surface area contributed by atoms with Gasteiger partial charge in [-0.1, -0.05) is 51.6 Å². The molecule has 4 heterocycles. The molecule has 2 aromatic heterocycles. The fourth-order valence-electron chi connectivity index (χ4n) is 8.52. The van der Waals surface area contributed by atoms with Gasteiger partial charge < -0.3 is 44.5 Å². The van der Waals surface area contributed by atoms with Crippen LogP contribution in [0, 0.1) is 29.5 Å². The van der Waals surface area contributed by atoms with Gasteiger partial charge in [-0.05, 0) is 68.7 Å². The van der Waals surface area contributed by atoms with Crippen LogP contribution in [0.15, 0.2) is 66.6 Å². The number of unbranched alkanes of at least 4 members (excludes halogenated alkanes) is 1. The Morgan fingerprint density at radius 1 is 1.01 bits per heavy atom. The predicted molar refractivity (Wildman–Crippen MR) is 263 cm³/mol. The van der Waals surface area contributed by atoms with Crippen LogP contribution >= 0.6 is 11.3 Å². The van der Waals surface area contributed by atoms with Crippen LogP contribution in [0.2, 0.25) is 0 Å². The minimum atomic E-state index is -5.21. The number of halogens is 4. The maximum atomic E-state index is 15.5. The van der Waals surface area contributed by atoms with Crippen LogP contribution in [0.3, 0.4) is 0 Å². The Labute approximate surface area is 425 Å². The third kappa shape index (κ3) is 12.9. The number of aromatic nitrogens is 2. The van der Waals surface area contributed by atoms with Crippen molar-refractivity contribution in [1.29, 1.82) is 5.26 Å². The van der Waals surface area contributed by atoms with E-state index in [2.05, 4.69) is 27.2 Å². The molecule has 2 aromatic carbocycles. The highest BCUT2D eigenvalue weighted by Gasteiger charge is 2.52. The summed E-state index contributed by atoms with van der Waals surface area (Å²) in [4.78, 5) is 67.2. The number of aliphatic hydroxyl groups excluding tert-OH is 1. The summed E-state index contributed by atoms with van der Waals surface area (Å²) in [5, 5.41) is 25.4. The quantitative estimate of drug-likeness (QED) is 0.0566. The van der Waals surface area contributed by atoms with Crippen molar-refractivity contribution >= 4 is 46.3 Å². The number of methoxy groups -OCH3 is 1. The molecule has 0 unspecified atom stereocenters. The van der Waals surface area contributed by atoms with Gasteiger partial charge in [0, 0.05) is 45.4 Å². The van der Waals surface area contributed by atoms with Crippen LogP contribution in [0.4, 0.5) is 28.9 Å². The Balaban J connectivity index is 0.897. The Bertz CT molecular complexity index is 2700. The summed E-state index contributed by atoms with van der Waals surface area (Å²) in [5.41, 5.74) is -0.829. The summed E-state index contributed by atoms with van der Waals surface area (Å²) in [6.45, 7) is 15.3. The number of benzene rings is 2. The molecule has 6 rings (SSSR count). The Morgan fingerprint density at radius 2 is 1.70 bits per heavy atom. The highest BCUT2D eigenvalue weighted by Crippen LogP contribution is 2.46. The molecule has 22 heteroatoms. The first-order chi connectivity index (χ1) is 34.5. The maximum absolute atomic E-state index is 15.5. The van der Waals surface area contributed by atoms with E-state index in [0.29, 0.717) is 32.5 Å². The Kier molecular flexibility index (Phi) is 17.9. The van der Waals surface area contributed by atoms with Crippen molar-refractivity contribution in [3.63, 3.8) is 0 Å². The molecule has 0 bridgehead atoms. The number of anilines is 2. The Morgan fingerprint density at radius 3 is 2.34 bits per heavy atom. The average Bonchev–Trinajstić information content (AvgIpc) is 4.00. The number of amides is 4. The normalized spacial score (nSPS) is 17.2. The predicted octanol–water partition coefficient (Wildman–Crippen LogP) is 7.05. The fourth-order valence-corrected chi connectivity index (χ4v) is 9.34. The van der Waals surface area contributed by atoms with Crippen LogP contribution < -0.4 is 29.9 Å². The van der Waals surface area contributed by atoms with Crippen molar-refractivity contribution in [3.05, 3.63) is 94.8 Å². The molecule has 3 N–H and O–H groups in total. The first-order valence-corrected chi connectivity index (χ1v) is 24.4. The summed E-state index contributed by atoms with van der Waals surface area (Å²) in [6.07, 6.45) is -3.01. The van der Waals surface area contributed by atoms with Crippen LogP contribution in [0.5, 0.6) is 11.6 Å². The third-order valence-electron chi connectivity index (χ3n) is 12.3. The number of β-amino-alcohol motifs (C(OH)–C–C–N with tert-alkyl or cyclic N) is 1. The number of likely N-dealkylation sites (tertiary alicyclic amines) is 1. The molecule has 2 aliphatic heterocycles. The lowest BCUT2D eigenvalue weighted by Gasteiger charge is -2.35. The molecule has 0 spiro atoms. The standard InChI is InChI=1S/C51H60F4N8O9S/c1-30-44(73-29-59-30)33-14-12-32(13-15-33)25-58-46(66)37-22-35(64)27-61(37)47(67)45(49(3,4)5)60-40(65)28-71-20-11-19-70-18-9-10-21-72-41-23-39(69-8)38(26-57-41)63-31(2)62(48(68)50(63,6)7)36-17-16-34(24-56)42(43(36)52)51(53,54)55/h12-17,23,26,29,35,37,45,64H,2,9-11,18-22,25,27-28H2,1,3-8H3,(H,58,66)(H,60,65)/t35-,37+,45-/m1/s1. The first-order valence-electron chi connectivity index (χ1n) is 23.5. The number of carbonyl (C=O) groups is 4. The zero-order valence-corrected chi connectivity index (χ0v) is 42.5. The van der Waals surface area contributed by atoms with Gasteiger partial charge >= 0.3 is 6.18 Å². The summed E-state index contributed by atoms with van der Waals surface area (Å²) < 4.78 is 79.6. The number of aliphatic hydroxyl groups is 1. The van der Waals surface area contributed by atoms with Crippen LogP contribution in [0.25, 0.3) is 10.4 Å². The second-order valence-electron chi connectivity index (χ2n) is 19.1. The number of aryl methyl sites for hydroxylation is 1. The lowest BCUT2D eigenvalue weighted by atomic mass is 9.85. The monoisotopic (exact) mass is 1040 g/mol. The summed E-state index contributed by atoms with van der Waals surface area (Å²) in [7, 11) is 1.36. The number of carbonyl (C=O) groups excluding carboxylic acids is 4. The van der Waals surface area contributed by atoms with Gasteiger partial charge in [0.15, 0.2) is 5.82 Å². The zero-order chi connectivity index (χ0) is 53.4. The first kappa shape index (κ1) is 55.6. The van der Waals surface area contributed by atoms with E-state index in [4.69, 9.17) is 18.9 Å². The minimum absolute atomic E-state index is 0.0496. The smallest absolute Gasteiger partial charge is 0.420 e. The SMILES string of the molecule is C=C1N(c2ccc(C#N)c(C(F)(F)F)c2F)C(=O)C(C)(C)N1c1cnc(OCCCCOCCCOCC(=O)N[C@H](C(=O)N2C[C@H](O)C[C@H]2C(=O)NCc2ccc(-c3scnc3C)cc2)C(C)(C)C)cc1OC. The van der Waals surface area contributed by atoms with Gasteiger partial charge in [0.1, 0.15) is 47.1 Å². The van der Waals surface area contributed by atoms with Crippen molar-refractivity contribution in [2.75, 3.05) is 56.5 Å². The van der Waals surface area contributed by atoms with E-state index in [1.807, 2.05) is 31.2 Å². The van der Waals surface area contributed by atoms with Crippen LogP contribution in [-0.2, 0) is 41.4 Å². The average molecular weight is 1040 g/mol. The topological polar surface area (TPSA) is 209 Å². The van der Waals surface area contributed by atoms with Gasteiger partial charge in [-0.25, -0.2) is 14.4 Å². The fraction of sp³-hybridized carbons (Fsp3) is 0.471. The number of hydrogen-bond donors (Lipinski definition) is 3. The molecule has 17 nitrogen and oxygen atoms in total. The molecule has 2 fully saturated rings. The number of nitrogens with zero attached hydrogens (tertiary/aromatic N) is 6.